The molecule has 2 atom stereocenters. The molecule has 1 heterocycles. The molecule has 0 aliphatic carbocycles. The van der Waals surface area contributed by atoms with Crippen LogP contribution in [-0.2, 0) is 4.79 Å². The minimum atomic E-state index is 0.168. The zero-order chi connectivity index (χ0) is 13.3. The largest absolute Gasteiger partial charge is 0.336 e. The van der Waals surface area contributed by atoms with Crippen LogP contribution in [0, 0.1) is 19.8 Å². The molecule has 1 fully saturated rings. The fourth-order valence-electron chi connectivity index (χ4n) is 2.74. The number of rotatable bonds is 3. The molecule has 98 valence electrons. The molecule has 0 N–H and O–H groups in total. The van der Waals surface area contributed by atoms with Gasteiger partial charge in [-0.1, -0.05) is 29.3 Å². The minimum absolute atomic E-state index is 0.168. The predicted octanol–water partition coefficient (Wildman–Crippen LogP) is 3.14. The molecule has 2 nitrogen and oxygen atoms in total. The quantitative estimate of drug-likeness (QED) is 0.831. The van der Waals surface area contributed by atoms with Crippen molar-refractivity contribution in [3.8, 4) is 0 Å². The molecule has 3 heteroatoms. The lowest BCUT2D eigenvalue weighted by Gasteiger charge is -2.26. The molecule has 1 aliphatic rings. The standard InChI is InChI=1S/C15H21NOS/c1-10-4-11(2)6-14(5-10)12(3)16-8-13(9-18)7-15(16)17/h4-6,12-13,18H,7-9H2,1-3H3. The molecule has 1 aliphatic heterocycles. The van der Waals surface area contributed by atoms with Gasteiger partial charge in [0.1, 0.15) is 0 Å². The highest BCUT2D eigenvalue weighted by molar-refractivity contribution is 7.80. The Kier molecular flexibility index (Phi) is 4.00. The van der Waals surface area contributed by atoms with E-state index in [2.05, 4.69) is 51.6 Å². The Hall–Kier alpha value is -0.960. The number of likely N-dealkylation sites (tertiary alicyclic amines) is 1. The average Bonchev–Trinajstić information content (AvgIpc) is 2.68. The highest BCUT2D eigenvalue weighted by Crippen LogP contribution is 2.29. The van der Waals surface area contributed by atoms with E-state index < -0.39 is 0 Å². The van der Waals surface area contributed by atoms with Crippen LogP contribution in [0.1, 0.15) is 36.1 Å². The van der Waals surface area contributed by atoms with Crippen molar-refractivity contribution in [2.24, 2.45) is 5.92 Å². The average molecular weight is 263 g/mol. The van der Waals surface area contributed by atoms with E-state index in [1.165, 1.54) is 16.7 Å². The van der Waals surface area contributed by atoms with Gasteiger partial charge in [-0.05, 0) is 38.0 Å². The highest BCUT2D eigenvalue weighted by Gasteiger charge is 2.32. The first-order chi connectivity index (χ1) is 8.51. The van der Waals surface area contributed by atoms with Crippen LogP contribution in [0.5, 0.6) is 0 Å². The van der Waals surface area contributed by atoms with Crippen molar-refractivity contribution in [2.45, 2.75) is 33.2 Å². The third-order valence-electron chi connectivity index (χ3n) is 3.69. The normalized spacial score (nSPS) is 21.4. The summed E-state index contributed by atoms with van der Waals surface area (Å²) in [5, 5.41) is 0. The molecule has 1 saturated heterocycles. The molecule has 1 amide bonds. The Morgan fingerprint density at radius 2 is 1.94 bits per heavy atom. The van der Waals surface area contributed by atoms with Gasteiger partial charge in [0, 0.05) is 13.0 Å². The summed E-state index contributed by atoms with van der Waals surface area (Å²) in [5.74, 6) is 1.47. The molecule has 1 aromatic rings. The molecule has 0 saturated carbocycles. The number of benzene rings is 1. The van der Waals surface area contributed by atoms with Crippen LogP contribution in [0.3, 0.4) is 0 Å². The Morgan fingerprint density at radius 1 is 1.33 bits per heavy atom. The number of carbonyl (C=O) groups is 1. The summed E-state index contributed by atoms with van der Waals surface area (Å²) >= 11 is 4.31. The van der Waals surface area contributed by atoms with Crippen molar-refractivity contribution < 1.29 is 4.79 Å². The summed E-state index contributed by atoms with van der Waals surface area (Å²) in [6, 6.07) is 6.69. The maximum absolute atomic E-state index is 12.0. The Balaban J connectivity index is 2.20. The molecule has 0 aromatic heterocycles. The second-order valence-corrected chi connectivity index (χ2v) is 5.76. The summed E-state index contributed by atoms with van der Waals surface area (Å²) < 4.78 is 0. The molecule has 18 heavy (non-hydrogen) atoms. The Morgan fingerprint density at radius 3 is 2.44 bits per heavy atom. The number of nitrogens with zero attached hydrogens (tertiary/aromatic N) is 1. The van der Waals surface area contributed by atoms with Crippen molar-refractivity contribution in [2.75, 3.05) is 12.3 Å². The van der Waals surface area contributed by atoms with Gasteiger partial charge in [-0.2, -0.15) is 12.6 Å². The van der Waals surface area contributed by atoms with E-state index in [0.29, 0.717) is 12.3 Å². The Bertz CT molecular complexity index is 438. The van der Waals surface area contributed by atoms with E-state index in [1.54, 1.807) is 0 Å². The van der Waals surface area contributed by atoms with Gasteiger partial charge in [0.25, 0.3) is 0 Å². The molecule has 2 rings (SSSR count). The van der Waals surface area contributed by atoms with Gasteiger partial charge in [-0.15, -0.1) is 0 Å². The summed E-state index contributed by atoms with van der Waals surface area (Å²) in [5.41, 5.74) is 3.75. The first-order valence-corrected chi connectivity index (χ1v) is 7.13. The highest BCUT2D eigenvalue weighted by atomic mass is 32.1. The first kappa shape index (κ1) is 13.5. The summed E-state index contributed by atoms with van der Waals surface area (Å²) in [6.07, 6.45) is 0.651. The molecule has 0 radical (unpaired) electrons. The van der Waals surface area contributed by atoms with E-state index >= 15 is 0 Å². The van der Waals surface area contributed by atoms with Crippen LogP contribution in [0.4, 0.5) is 0 Å². The van der Waals surface area contributed by atoms with Crippen LogP contribution in [0.25, 0.3) is 0 Å². The van der Waals surface area contributed by atoms with Crippen LogP contribution in [0.15, 0.2) is 18.2 Å². The monoisotopic (exact) mass is 263 g/mol. The SMILES string of the molecule is Cc1cc(C)cc(C(C)N2CC(CS)CC2=O)c1. The molecule has 1 aromatic carbocycles. The third kappa shape index (κ3) is 2.72. The van der Waals surface area contributed by atoms with Crippen molar-refractivity contribution in [1.82, 2.24) is 4.90 Å². The van der Waals surface area contributed by atoms with Gasteiger partial charge >= 0.3 is 0 Å². The topological polar surface area (TPSA) is 20.3 Å². The van der Waals surface area contributed by atoms with Gasteiger partial charge < -0.3 is 4.90 Å². The van der Waals surface area contributed by atoms with Gasteiger partial charge in [-0.3, -0.25) is 4.79 Å². The maximum Gasteiger partial charge on any atom is 0.223 e. The Labute approximate surface area is 115 Å². The maximum atomic E-state index is 12.0. The van der Waals surface area contributed by atoms with Gasteiger partial charge in [0.15, 0.2) is 0 Å². The second-order valence-electron chi connectivity index (χ2n) is 5.40. The number of hydrogen-bond donors (Lipinski definition) is 1. The van der Waals surface area contributed by atoms with Crippen LogP contribution < -0.4 is 0 Å². The van der Waals surface area contributed by atoms with E-state index in [-0.39, 0.29) is 11.9 Å². The lowest BCUT2D eigenvalue weighted by atomic mass is 10.0. The van der Waals surface area contributed by atoms with E-state index in [9.17, 15) is 4.79 Å². The van der Waals surface area contributed by atoms with Crippen molar-refractivity contribution in [1.29, 1.82) is 0 Å². The fraction of sp³-hybridized carbons (Fsp3) is 0.533. The van der Waals surface area contributed by atoms with Crippen LogP contribution in [-0.4, -0.2) is 23.1 Å². The van der Waals surface area contributed by atoms with Crippen LogP contribution >= 0.6 is 12.6 Å². The van der Waals surface area contributed by atoms with Gasteiger partial charge in [0.05, 0.1) is 6.04 Å². The molecule has 0 spiro atoms. The fourth-order valence-corrected chi connectivity index (χ4v) is 2.98. The van der Waals surface area contributed by atoms with Crippen molar-refractivity contribution >= 4 is 18.5 Å². The smallest absolute Gasteiger partial charge is 0.223 e. The number of carbonyl (C=O) groups excluding carboxylic acids is 1. The van der Waals surface area contributed by atoms with E-state index in [0.717, 1.165) is 12.3 Å². The lowest BCUT2D eigenvalue weighted by Crippen LogP contribution is -2.28. The third-order valence-corrected chi connectivity index (χ3v) is 4.21. The van der Waals surface area contributed by atoms with Gasteiger partial charge in [0.2, 0.25) is 5.91 Å². The lowest BCUT2D eigenvalue weighted by molar-refractivity contribution is -0.129. The first-order valence-electron chi connectivity index (χ1n) is 6.49. The van der Waals surface area contributed by atoms with Crippen molar-refractivity contribution in [3.05, 3.63) is 34.9 Å². The molecule has 0 bridgehead atoms. The minimum Gasteiger partial charge on any atom is -0.336 e. The summed E-state index contributed by atoms with van der Waals surface area (Å²) in [4.78, 5) is 14.0. The number of aryl methyl sites for hydroxylation is 2. The van der Waals surface area contributed by atoms with Crippen LogP contribution in [0.2, 0.25) is 0 Å². The zero-order valence-electron chi connectivity index (χ0n) is 11.3. The van der Waals surface area contributed by atoms with E-state index in [4.69, 9.17) is 0 Å². The zero-order valence-corrected chi connectivity index (χ0v) is 12.2. The number of hydrogen-bond acceptors (Lipinski definition) is 2. The number of amides is 1. The number of thiol groups is 1. The molecular weight excluding hydrogens is 242 g/mol. The molecular formula is C15H21NOS. The van der Waals surface area contributed by atoms with Crippen molar-refractivity contribution in [3.63, 3.8) is 0 Å². The predicted molar refractivity (Wildman–Crippen MR) is 78.0 cm³/mol. The summed E-state index contributed by atoms with van der Waals surface area (Å²) in [7, 11) is 0. The van der Waals surface area contributed by atoms with E-state index in [1.807, 2.05) is 4.90 Å². The summed E-state index contributed by atoms with van der Waals surface area (Å²) in [6.45, 7) is 7.17. The van der Waals surface area contributed by atoms with Gasteiger partial charge in [-0.25, -0.2) is 0 Å². The second kappa shape index (κ2) is 5.35. The molecule has 2 unspecified atom stereocenters.